The third-order valence-electron chi connectivity index (χ3n) is 6.08. The summed E-state index contributed by atoms with van der Waals surface area (Å²) in [4.78, 5) is 21.5. The van der Waals surface area contributed by atoms with Crippen LogP contribution in [0.15, 0.2) is 24.4 Å². The minimum Gasteiger partial charge on any atom is -0.354 e. The Kier molecular flexibility index (Phi) is 5.87. The van der Waals surface area contributed by atoms with Crippen LogP contribution < -0.4 is 4.90 Å². The first-order valence-corrected chi connectivity index (χ1v) is 10.6. The van der Waals surface area contributed by atoms with Crippen LogP contribution in [0.25, 0.3) is 0 Å². The molecule has 2 aromatic heterocycles. The smallest absolute Gasteiger partial charge is 0.132 e. The molecule has 0 aromatic carbocycles. The summed E-state index contributed by atoms with van der Waals surface area (Å²) in [5.74, 6) is 1.94. The molecule has 0 bridgehead atoms. The Labute approximate surface area is 168 Å². The van der Waals surface area contributed by atoms with Crippen molar-refractivity contribution >= 4 is 5.82 Å². The maximum Gasteiger partial charge on any atom is 0.132 e. The van der Waals surface area contributed by atoms with Crippen LogP contribution in [0.4, 0.5) is 5.82 Å². The summed E-state index contributed by atoms with van der Waals surface area (Å²) in [5.41, 5.74) is 3.79. The first-order valence-electron chi connectivity index (χ1n) is 10.6. The summed E-state index contributed by atoms with van der Waals surface area (Å²) >= 11 is 0. The normalized spacial score (nSPS) is 20.4. The van der Waals surface area contributed by atoms with E-state index in [1.807, 2.05) is 13.1 Å². The van der Waals surface area contributed by atoms with Gasteiger partial charge < -0.3 is 9.80 Å². The SMILES string of the molecule is CCN(Cc1cc(N2CCN(C)CC2)nc(C)n1)[C@H]1CCCc2cccnc21. The lowest BCUT2D eigenvalue weighted by atomic mass is 9.90. The second kappa shape index (κ2) is 8.53. The van der Waals surface area contributed by atoms with E-state index < -0.39 is 0 Å². The second-order valence-electron chi connectivity index (χ2n) is 8.07. The fraction of sp³-hybridized carbons (Fsp3) is 0.591. The molecule has 1 aliphatic heterocycles. The maximum absolute atomic E-state index is 4.77. The Morgan fingerprint density at radius 2 is 2.00 bits per heavy atom. The van der Waals surface area contributed by atoms with Gasteiger partial charge in [-0.15, -0.1) is 0 Å². The van der Waals surface area contributed by atoms with Crippen molar-refractivity contribution in [1.82, 2.24) is 24.8 Å². The number of nitrogens with zero attached hydrogens (tertiary/aromatic N) is 6. The fourth-order valence-electron chi connectivity index (χ4n) is 4.48. The molecule has 28 heavy (non-hydrogen) atoms. The average Bonchev–Trinajstić information content (AvgIpc) is 2.72. The molecule has 0 saturated carbocycles. The van der Waals surface area contributed by atoms with E-state index in [2.05, 4.69) is 46.9 Å². The summed E-state index contributed by atoms with van der Waals surface area (Å²) in [6.07, 6.45) is 5.49. The topological polar surface area (TPSA) is 48.4 Å². The van der Waals surface area contributed by atoms with Crippen LogP contribution in [0.1, 0.15) is 48.6 Å². The molecule has 3 heterocycles. The number of rotatable bonds is 5. The first kappa shape index (κ1) is 19.3. The number of likely N-dealkylation sites (N-methyl/N-ethyl adjacent to an activating group) is 1. The molecule has 0 unspecified atom stereocenters. The summed E-state index contributed by atoms with van der Waals surface area (Å²) in [5, 5.41) is 0. The van der Waals surface area contributed by atoms with Gasteiger partial charge in [0.2, 0.25) is 0 Å². The summed E-state index contributed by atoms with van der Waals surface area (Å²) in [6.45, 7) is 10.3. The van der Waals surface area contributed by atoms with Gasteiger partial charge in [-0.25, -0.2) is 9.97 Å². The first-order chi connectivity index (χ1) is 13.6. The van der Waals surface area contributed by atoms with Gasteiger partial charge in [-0.05, 0) is 51.4 Å². The van der Waals surface area contributed by atoms with Crippen molar-refractivity contribution in [2.75, 3.05) is 44.7 Å². The Hall–Kier alpha value is -2.05. The van der Waals surface area contributed by atoms with Crippen molar-refractivity contribution < 1.29 is 0 Å². The zero-order valence-electron chi connectivity index (χ0n) is 17.4. The Morgan fingerprint density at radius 3 is 2.79 bits per heavy atom. The molecular formula is C22H32N6. The molecule has 150 valence electrons. The highest BCUT2D eigenvalue weighted by molar-refractivity contribution is 5.40. The third-order valence-corrected chi connectivity index (χ3v) is 6.08. The van der Waals surface area contributed by atoms with Crippen molar-refractivity contribution in [1.29, 1.82) is 0 Å². The number of anilines is 1. The molecule has 0 amide bonds. The largest absolute Gasteiger partial charge is 0.354 e. The molecule has 2 aliphatic rings. The van der Waals surface area contributed by atoms with Crippen LogP contribution in [0.2, 0.25) is 0 Å². The number of piperazine rings is 1. The van der Waals surface area contributed by atoms with Crippen molar-refractivity contribution in [3.63, 3.8) is 0 Å². The highest BCUT2D eigenvalue weighted by atomic mass is 15.3. The van der Waals surface area contributed by atoms with Crippen LogP contribution in [0, 0.1) is 6.92 Å². The van der Waals surface area contributed by atoms with Gasteiger partial charge in [-0.1, -0.05) is 13.0 Å². The highest BCUT2D eigenvalue weighted by Crippen LogP contribution is 2.33. The van der Waals surface area contributed by atoms with Gasteiger partial charge in [-0.2, -0.15) is 0 Å². The molecule has 1 saturated heterocycles. The van der Waals surface area contributed by atoms with E-state index >= 15 is 0 Å². The summed E-state index contributed by atoms with van der Waals surface area (Å²) in [6, 6.07) is 6.89. The van der Waals surface area contributed by atoms with Crippen molar-refractivity contribution in [3.8, 4) is 0 Å². The number of aromatic nitrogens is 3. The van der Waals surface area contributed by atoms with E-state index in [9.17, 15) is 0 Å². The predicted octanol–water partition coefficient (Wildman–Crippen LogP) is 2.83. The molecule has 6 nitrogen and oxygen atoms in total. The van der Waals surface area contributed by atoms with E-state index in [1.165, 1.54) is 24.1 Å². The monoisotopic (exact) mass is 380 g/mol. The quantitative estimate of drug-likeness (QED) is 0.795. The number of hydrogen-bond acceptors (Lipinski definition) is 6. The minimum atomic E-state index is 0.386. The number of pyridine rings is 1. The van der Waals surface area contributed by atoms with E-state index in [0.717, 1.165) is 63.0 Å². The lowest BCUT2D eigenvalue weighted by Crippen LogP contribution is -2.45. The molecule has 0 spiro atoms. The van der Waals surface area contributed by atoms with Gasteiger partial charge in [0.05, 0.1) is 17.4 Å². The predicted molar refractivity (Wildman–Crippen MR) is 112 cm³/mol. The Morgan fingerprint density at radius 1 is 1.18 bits per heavy atom. The van der Waals surface area contributed by atoms with E-state index in [-0.39, 0.29) is 0 Å². The van der Waals surface area contributed by atoms with E-state index in [1.54, 1.807) is 0 Å². The van der Waals surface area contributed by atoms with Crippen LogP contribution in [-0.2, 0) is 13.0 Å². The maximum atomic E-state index is 4.77. The summed E-state index contributed by atoms with van der Waals surface area (Å²) < 4.78 is 0. The van der Waals surface area contributed by atoms with E-state index in [4.69, 9.17) is 15.0 Å². The number of fused-ring (bicyclic) bond motifs is 1. The molecule has 0 N–H and O–H groups in total. The molecule has 1 aliphatic carbocycles. The van der Waals surface area contributed by atoms with Crippen molar-refractivity contribution in [2.24, 2.45) is 0 Å². The van der Waals surface area contributed by atoms with Gasteiger partial charge in [0.15, 0.2) is 0 Å². The van der Waals surface area contributed by atoms with Crippen LogP contribution in [0.3, 0.4) is 0 Å². The standard InChI is InChI=1S/C22H32N6/c1-4-27(20-9-5-7-18-8-6-10-23-22(18)20)16-19-15-21(25-17(2)24-19)28-13-11-26(3)12-14-28/h6,8,10,15,20H,4-5,7,9,11-14,16H2,1-3H3/t20-/m0/s1. The molecular weight excluding hydrogens is 348 g/mol. The minimum absolute atomic E-state index is 0.386. The van der Waals surface area contributed by atoms with Crippen LogP contribution in [-0.4, -0.2) is 64.5 Å². The van der Waals surface area contributed by atoms with Gasteiger partial charge in [0.1, 0.15) is 11.6 Å². The lowest BCUT2D eigenvalue weighted by molar-refractivity contribution is 0.173. The second-order valence-corrected chi connectivity index (χ2v) is 8.07. The lowest BCUT2D eigenvalue weighted by Gasteiger charge is -2.35. The Balaban J connectivity index is 1.54. The highest BCUT2D eigenvalue weighted by Gasteiger charge is 2.27. The van der Waals surface area contributed by atoms with Gasteiger partial charge >= 0.3 is 0 Å². The molecule has 4 rings (SSSR count). The van der Waals surface area contributed by atoms with Crippen LogP contribution >= 0.6 is 0 Å². The van der Waals surface area contributed by atoms with Crippen LogP contribution in [0.5, 0.6) is 0 Å². The summed E-state index contributed by atoms with van der Waals surface area (Å²) in [7, 11) is 2.18. The zero-order valence-corrected chi connectivity index (χ0v) is 17.4. The van der Waals surface area contributed by atoms with Crippen molar-refractivity contribution in [3.05, 3.63) is 47.2 Å². The number of hydrogen-bond donors (Lipinski definition) is 0. The van der Waals surface area contributed by atoms with Gasteiger partial charge in [-0.3, -0.25) is 9.88 Å². The van der Waals surface area contributed by atoms with Crippen molar-refractivity contribution in [2.45, 2.75) is 45.7 Å². The molecule has 0 radical (unpaired) electrons. The molecule has 1 fully saturated rings. The number of aryl methyl sites for hydroxylation is 2. The molecule has 2 aromatic rings. The van der Waals surface area contributed by atoms with E-state index in [0.29, 0.717) is 6.04 Å². The van der Waals surface area contributed by atoms with Gasteiger partial charge in [0.25, 0.3) is 0 Å². The Bertz CT molecular complexity index is 799. The fourth-order valence-corrected chi connectivity index (χ4v) is 4.48. The van der Waals surface area contributed by atoms with Gasteiger partial charge in [0, 0.05) is 45.0 Å². The molecule has 6 heteroatoms. The average molecular weight is 381 g/mol. The third kappa shape index (κ3) is 4.18. The zero-order chi connectivity index (χ0) is 19.5. The molecule has 1 atom stereocenters.